The van der Waals surface area contributed by atoms with E-state index in [1.807, 2.05) is 0 Å². The molecule has 43 heavy (non-hydrogen) atoms. The Labute approximate surface area is 257 Å². The Morgan fingerprint density at radius 1 is 0.907 bits per heavy atom. The van der Waals surface area contributed by atoms with Crippen LogP contribution in [-0.2, 0) is 22.4 Å². The molecule has 2 aromatic rings. The lowest BCUT2D eigenvalue weighted by Crippen LogP contribution is -2.57. The molecule has 14 heteroatoms. The number of alkyl halides is 5. The summed E-state index contributed by atoms with van der Waals surface area (Å²) in [6, 6.07) is 7.99. The predicted molar refractivity (Wildman–Crippen MR) is 155 cm³/mol. The summed E-state index contributed by atoms with van der Waals surface area (Å²) < 4.78 is 78.3. The first-order valence-corrected chi connectivity index (χ1v) is 14.1. The second kappa shape index (κ2) is 15.4. The van der Waals surface area contributed by atoms with Crippen LogP contribution >= 0.6 is 23.2 Å². The summed E-state index contributed by atoms with van der Waals surface area (Å²) in [4.78, 5) is 25.2. The van der Waals surface area contributed by atoms with Gasteiger partial charge in [-0.05, 0) is 66.5 Å². The van der Waals surface area contributed by atoms with Gasteiger partial charge in [0.1, 0.15) is 6.54 Å². The largest absolute Gasteiger partial charge is 0.493 e. The second-order valence-corrected chi connectivity index (χ2v) is 11.4. The second-order valence-electron chi connectivity index (χ2n) is 10.6. The van der Waals surface area contributed by atoms with Gasteiger partial charge in [-0.3, -0.25) is 9.59 Å². The van der Waals surface area contributed by atoms with Crippen LogP contribution in [-0.4, -0.2) is 56.6 Å². The molecule has 1 amide bonds. The van der Waals surface area contributed by atoms with Crippen molar-refractivity contribution < 1.29 is 41.0 Å². The Balaban J connectivity index is 2.44. The van der Waals surface area contributed by atoms with Crippen molar-refractivity contribution in [2.24, 2.45) is 29.2 Å². The van der Waals surface area contributed by atoms with Crippen LogP contribution in [0.5, 0.6) is 11.5 Å². The van der Waals surface area contributed by atoms with E-state index in [4.69, 9.17) is 44.1 Å². The third-order valence-electron chi connectivity index (χ3n) is 7.19. The zero-order valence-electron chi connectivity index (χ0n) is 24.1. The maximum Gasteiger partial charge on any atom is 0.405 e. The van der Waals surface area contributed by atoms with Crippen LogP contribution in [0.3, 0.4) is 0 Å². The molecule has 2 unspecified atom stereocenters. The van der Waals surface area contributed by atoms with Crippen molar-refractivity contribution >= 4 is 34.9 Å². The predicted octanol–water partition coefficient (Wildman–Crippen LogP) is 5.61. The van der Waals surface area contributed by atoms with Gasteiger partial charge in [-0.25, -0.2) is 0 Å². The highest BCUT2D eigenvalue weighted by Gasteiger charge is 2.53. The lowest BCUT2D eigenvalue weighted by atomic mass is 9.72. The van der Waals surface area contributed by atoms with Gasteiger partial charge < -0.3 is 26.3 Å². The minimum atomic E-state index is -4.95. The minimum absolute atomic E-state index is 0.117. The number of aryl methyl sites for hydroxylation is 1. The van der Waals surface area contributed by atoms with E-state index < -0.39 is 60.2 Å². The molecule has 0 saturated heterocycles. The number of ketones is 1. The number of carbonyl (C=O) groups is 2. The van der Waals surface area contributed by atoms with Crippen LogP contribution in [0.4, 0.5) is 22.0 Å². The summed E-state index contributed by atoms with van der Waals surface area (Å²) in [5, 5.41) is 1.79. The SMILES string of the molecule is COc1ccc(C[C@@H](C(N)CCc2ccc(Cl)c(Cl)c2)C(N)[C@@H](C(=O)C(F)(F)C(=O)NCC(F)(F)F)C(C)C)cc1OC. The molecule has 0 aliphatic rings. The number of amides is 1. The van der Waals surface area contributed by atoms with E-state index in [0.717, 1.165) is 10.9 Å². The van der Waals surface area contributed by atoms with Crippen LogP contribution in [0.2, 0.25) is 10.0 Å². The molecule has 0 heterocycles. The summed E-state index contributed by atoms with van der Waals surface area (Å²) >= 11 is 12.1. The highest BCUT2D eigenvalue weighted by molar-refractivity contribution is 6.42. The number of benzene rings is 2. The summed E-state index contributed by atoms with van der Waals surface area (Å²) in [7, 11) is 2.90. The van der Waals surface area contributed by atoms with Gasteiger partial charge >= 0.3 is 12.1 Å². The fourth-order valence-electron chi connectivity index (χ4n) is 4.90. The zero-order valence-corrected chi connectivity index (χ0v) is 25.6. The number of Topliss-reactive ketones (excluding diaryl/α,β-unsaturated/α-hetero) is 1. The van der Waals surface area contributed by atoms with E-state index in [9.17, 15) is 22.8 Å². The average Bonchev–Trinajstić information content (AvgIpc) is 2.94. The lowest BCUT2D eigenvalue weighted by molar-refractivity contribution is -0.167. The Hall–Kier alpha value is -2.67. The van der Waals surface area contributed by atoms with Crippen LogP contribution in [0, 0.1) is 17.8 Å². The van der Waals surface area contributed by atoms with E-state index >= 15 is 8.78 Å². The number of hydrogen-bond donors (Lipinski definition) is 3. The van der Waals surface area contributed by atoms with E-state index in [1.54, 1.807) is 36.4 Å². The molecule has 0 radical (unpaired) electrons. The summed E-state index contributed by atoms with van der Waals surface area (Å²) in [5.41, 5.74) is 14.6. The molecule has 5 N–H and O–H groups in total. The molecule has 0 saturated carbocycles. The van der Waals surface area contributed by atoms with Crippen LogP contribution < -0.4 is 26.3 Å². The lowest BCUT2D eigenvalue weighted by Gasteiger charge is -2.37. The molecule has 240 valence electrons. The number of ether oxygens (including phenoxy) is 2. The van der Waals surface area contributed by atoms with Crippen molar-refractivity contribution in [3.05, 3.63) is 57.6 Å². The fraction of sp³-hybridized carbons (Fsp3) is 0.517. The average molecular weight is 657 g/mol. The van der Waals surface area contributed by atoms with Gasteiger partial charge in [0.25, 0.3) is 5.91 Å². The van der Waals surface area contributed by atoms with Crippen LogP contribution in [0.1, 0.15) is 31.4 Å². The maximum absolute atomic E-state index is 15.0. The van der Waals surface area contributed by atoms with Crippen LogP contribution in [0.25, 0.3) is 0 Å². The minimum Gasteiger partial charge on any atom is -0.493 e. The number of carbonyl (C=O) groups excluding carboxylic acids is 2. The molecule has 0 bridgehead atoms. The van der Waals surface area contributed by atoms with E-state index in [0.29, 0.717) is 39.9 Å². The Morgan fingerprint density at radius 3 is 2.05 bits per heavy atom. The summed E-state index contributed by atoms with van der Waals surface area (Å²) in [6.07, 6.45) is -4.13. The van der Waals surface area contributed by atoms with Gasteiger partial charge in [0.2, 0.25) is 5.78 Å². The van der Waals surface area contributed by atoms with Crippen molar-refractivity contribution in [3.63, 3.8) is 0 Å². The normalized spacial score (nSPS) is 15.0. The highest BCUT2D eigenvalue weighted by atomic mass is 35.5. The van der Waals surface area contributed by atoms with Gasteiger partial charge in [-0.1, -0.05) is 49.2 Å². The highest BCUT2D eigenvalue weighted by Crippen LogP contribution is 2.34. The van der Waals surface area contributed by atoms with Crippen molar-refractivity contribution in [1.29, 1.82) is 0 Å². The zero-order chi connectivity index (χ0) is 32.7. The number of halogens is 7. The molecule has 0 aromatic heterocycles. The number of hydrogen-bond acceptors (Lipinski definition) is 6. The van der Waals surface area contributed by atoms with Gasteiger partial charge in [0, 0.05) is 18.0 Å². The standard InChI is InChI=1S/C29H36Cl2F5N3O4/c1-15(2)24(26(40)29(35,36)27(41)39-14-28(32,33)34)25(38)18(11-17-7-10-22(42-3)23(13-17)43-4)21(37)9-6-16-5-8-19(30)20(31)12-16/h5,7-8,10,12-13,15,18,21,24-25H,6,9,11,14,37-38H2,1-4H3,(H,39,41)/t18-,21?,24-,25?/m0/s1. The molecule has 2 aromatic carbocycles. The first-order chi connectivity index (χ1) is 19.9. The number of rotatable bonds is 15. The van der Waals surface area contributed by atoms with E-state index in [2.05, 4.69) is 0 Å². The van der Waals surface area contributed by atoms with E-state index in [1.165, 1.54) is 28.1 Å². The Morgan fingerprint density at radius 2 is 1.51 bits per heavy atom. The van der Waals surface area contributed by atoms with Crippen molar-refractivity contribution in [1.82, 2.24) is 5.32 Å². The number of nitrogens with one attached hydrogen (secondary N) is 1. The Bertz CT molecular complexity index is 1260. The number of methoxy groups -OCH3 is 2. The Kier molecular flexibility index (Phi) is 13.0. The molecule has 0 aliphatic heterocycles. The van der Waals surface area contributed by atoms with Gasteiger partial charge in [-0.2, -0.15) is 22.0 Å². The quantitative estimate of drug-likeness (QED) is 0.170. The molecule has 7 nitrogen and oxygen atoms in total. The molecule has 2 rings (SSSR count). The molecular weight excluding hydrogens is 620 g/mol. The third-order valence-corrected chi connectivity index (χ3v) is 7.93. The maximum atomic E-state index is 15.0. The summed E-state index contributed by atoms with van der Waals surface area (Å²) in [5.74, 6) is -11.4. The van der Waals surface area contributed by atoms with Gasteiger partial charge in [0.05, 0.1) is 24.3 Å². The van der Waals surface area contributed by atoms with Crippen molar-refractivity contribution in [2.75, 3.05) is 20.8 Å². The van der Waals surface area contributed by atoms with Crippen molar-refractivity contribution in [2.45, 2.75) is 57.3 Å². The molecule has 0 fully saturated rings. The molecule has 0 spiro atoms. The monoisotopic (exact) mass is 655 g/mol. The first kappa shape index (κ1) is 36.5. The first-order valence-electron chi connectivity index (χ1n) is 13.4. The van der Waals surface area contributed by atoms with E-state index in [-0.39, 0.29) is 6.42 Å². The van der Waals surface area contributed by atoms with Gasteiger partial charge in [-0.15, -0.1) is 0 Å². The van der Waals surface area contributed by atoms with Crippen molar-refractivity contribution in [3.8, 4) is 11.5 Å². The molecule has 4 atom stereocenters. The number of nitrogens with two attached hydrogens (primary N) is 2. The van der Waals surface area contributed by atoms with Crippen LogP contribution in [0.15, 0.2) is 36.4 Å². The summed E-state index contributed by atoms with van der Waals surface area (Å²) in [6.45, 7) is 0.899. The molecule has 0 aliphatic carbocycles. The third kappa shape index (κ3) is 9.92. The fourth-order valence-corrected chi connectivity index (χ4v) is 5.22. The smallest absolute Gasteiger partial charge is 0.405 e. The topological polar surface area (TPSA) is 117 Å². The van der Waals surface area contributed by atoms with Gasteiger partial charge in [0.15, 0.2) is 11.5 Å². The molecular formula is C29H36Cl2F5N3O4.